The zero-order valence-corrected chi connectivity index (χ0v) is 8.69. The smallest absolute Gasteiger partial charge is 0.123 e. The Morgan fingerprint density at radius 1 is 1.20 bits per heavy atom. The van der Waals surface area contributed by atoms with Gasteiger partial charge in [-0.15, -0.1) is 0 Å². The Balaban J connectivity index is 1.98. The zero-order chi connectivity index (χ0) is 10.7. The van der Waals surface area contributed by atoms with Gasteiger partial charge in [-0.2, -0.15) is 0 Å². The Morgan fingerprint density at radius 3 is 2.33 bits per heavy atom. The molecular formula is C12H16FNO. The second kappa shape index (κ2) is 4.62. The van der Waals surface area contributed by atoms with E-state index in [1.165, 1.54) is 12.1 Å². The molecule has 0 aliphatic carbocycles. The Labute approximate surface area is 89.3 Å². The van der Waals surface area contributed by atoms with Crippen molar-refractivity contribution < 1.29 is 9.50 Å². The van der Waals surface area contributed by atoms with Crippen LogP contribution in [0.15, 0.2) is 24.3 Å². The molecule has 2 rings (SSSR count). The van der Waals surface area contributed by atoms with E-state index in [1.54, 1.807) is 0 Å². The number of rotatable bonds is 2. The molecule has 2 nitrogen and oxygen atoms in total. The Morgan fingerprint density at radius 2 is 1.80 bits per heavy atom. The molecule has 1 N–H and O–H groups in total. The number of benzene rings is 1. The maximum absolute atomic E-state index is 12.7. The van der Waals surface area contributed by atoms with Gasteiger partial charge in [0.15, 0.2) is 0 Å². The molecule has 1 heterocycles. The third-order valence-corrected chi connectivity index (χ3v) is 3.06. The van der Waals surface area contributed by atoms with Crippen molar-refractivity contribution in [1.29, 1.82) is 0 Å². The topological polar surface area (TPSA) is 23.5 Å². The molecule has 0 saturated carbocycles. The summed E-state index contributed by atoms with van der Waals surface area (Å²) in [4.78, 5) is 2.24. The van der Waals surface area contributed by atoms with E-state index in [0.29, 0.717) is 5.92 Å². The molecule has 82 valence electrons. The van der Waals surface area contributed by atoms with Crippen molar-refractivity contribution in [2.45, 2.75) is 12.8 Å². The predicted molar refractivity (Wildman–Crippen MR) is 58.4 cm³/mol. The summed E-state index contributed by atoms with van der Waals surface area (Å²) in [5.41, 5.74) is 1.08. The average molecular weight is 209 g/mol. The van der Waals surface area contributed by atoms with Gasteiger partial charge >= 0.3 is 0 Å². The van der Waals surface area contributed by atoms with Gasteiger partial charge in [0.2, 0.25) is 0 Å². The van der Waals surface area contributed by atoms with Crippen LogP contribution < -0.4 is 4.90 Å². The lowest BCUT2D eigenvalue weighted by Crippen LogP contribution is -2.34. The van der Waals surface area contributed by atoms with Gasteiger partial charge < -0.3 is 10.0 Å². The molecule has 0 unspecified atom stereocenters. The number of aliphatic hydroxyl groups excluding tert-OH is 1. The van der Waals surface area contributed by atoms with Crippen LogP contribution in [0.2, 0.25) is 0 Å². The summed E-state index contributed by atoms with van der Waals surface area (Å²) in [6.07, 6.45) is 2.04. The first-order valence-electron chi connectivity index (χ1n) is 5.41. The maximum atomic E-state index is 12.7. The average Bonchev–Trinajstić information content (AvgIpc) is 2.30. The second-order valence-electron chi connectivity index (χ2n) is 4.09. The molecule has 1 aromatic rings. The van der Waals surface area contributed by atoms with Crippen LogP contribution in [-0.2, 0) is 0 Å². The standard InChI is InChI=1S/C12H16FNO/c13-11-1-3-12(4-2-11)14-7-5-10(9-15)6-8-14/h1-4,10,15H,5-9H2. The van der Waals surface area contributed by atoms with Crippen molar-refractivity contribution >= 4 is 5.69 Å². The first-order chi connectivity index (χ1) is 7.29. The lowest BCUT2D eigenvalue weighted by molar-refractivity contribution is 0.203. The highest BCUT2D eigenvalue weighted by Gasteiger charge is 2.18. The van der Waals surface area contributed by atoms with E-state index < -0.39 is 0 Å². The number of aliphatic hydroxyl groups is 1. The highest BCUT2D eigenvalue weighted by Crippen LogP contribution is 2.22. The lowest BCUT2D eigenvalue weighted by atomic mass is 9.97. The van der Waals surface area contributed by atoms with Gasteiger partial charge in [-0.25, -0.2) is 4.39 Å². The van der Waals surface area contributed by atoms with Crippen LogP contribution in [0, 0.1) is 11.7 Å². The summed E-state index contributed by atoms with van der Waals surface area (Å²) in [7, 11) is 0. The molecule has 0 atom stereocenters. The molecule has 0 amide bonds. The molecule has 15 heavy (non-hydrogen) atoms. The molecule has 1 aromatic carbocycles. The minimum atomic E-state index is -0.191. The third-order valence-electron chi connectivity index (χ3n) is 3.06. The van der Waals surface area contributed by atoms with Gasteiger partial charge in [-0.1, -0.05) is 0 Å². The van der Waals surface area contributed by atoms with Gasteiger partial charge in [-0.05, 0) is 43.0 Å². The van der Waals surface area contributed by atoms with Gasteiger partial charge in [0, 0.05) is 25.4 Å². The van der Waals surface area contributed by atoms with Crippen molar-refractivity contribution in [3.8, 4) is 0 Å². The summed E-state index contributed by atoms with van der Waals surface area (Å²) in [6, 6.07) is 6.62. The molecule has 1 aliphatic heterocycles. The molecule has 1 saturated heterocycles. The Hall–Kier alpha value is -1.09. The Bertz CT molecular complexity index is 304. The van der Waals surface area contributed by atoms with Crippen LogP contribution in [0.5, 0.6) is 0 Å². The first kappa shape index (κ1) is 10.4. The highest BCUT2D eigenvalue weighted by atomic mass is 19.1. The fourth-order valence-corrected chi connectivity index (χ4v) is 2.03. The third kappa shape index (κ3) is 2.48. The van der Waals surface area contributed by atoms with E-state index in [-0.39, 0.29) is 12.4 Å². The van der Waals surface area contributed by atoms with E-state index in [9.17, 15) is 4.39 Å². The summed E-state index contributed by atoms with van der Waals surface area (Å²) in [5.74, 6) is 0.255. The molecule has 3 heteroatoms. The van der Waals surface area contributed by atoms with Crippen LogP contribution in [0.1, 0.15) is 12.8 Å². The number of hydrogen-bond acceptors (Lipinski definition) is 2. The quantitative estimate of drug-likeness (QED) is 0.805. The summed E-state index contributed by atoms with van der Waals surface area (Å²) >= 11 is 0. The van der Waals surface area contributed by atoms with Crippen LogP contribution in [0.4, 0.5) is 10.1 Å². The zero-order valence-electron chi connectivity index (χ0n) is 8.69. The number of nitrogens with zero attached hydrogens (tertiary/aromatic N) is 1. The molecular weight excluding hydrogens is 193 g/mol. The summed E-state index contributed by atoms with van der Waals surface area (Å²) in [6.45, 7) is 2.20. The van der Waals surface area contributed by atoms with E-state index in [1.807, 2.05) is 12.1 Å². The molecule has 0 bridgehead atoms. The van der Waals surface area contributed by atoms with Crippen molar-refractivity contribution in [3.05, 3.63) is 30.1 Å². The Kier molecular flexibility index (Phi) is 3.21. The number of anilines is 1. The van der Waals surface area contributed by atoms with Crippen molar-refractivity contribution in [3.63, 3.8) is 0 Å². The summed E-state index contributed by atoms with van der Waals surface area (Å²) < 4.78 is 12.7. The minimum absolute atomic E-state index is 0.191. The normalized spacial score (nSPS) is 18.1. The fourth-order valence-electron chi connectivity index (χ4n) is 2.03. The summed E-state index contributed by atoms with van der Waals surface area (Å²) in [5, 5.41) is 9.02. The highest BCUT2D eigenvalue weighted by molar-refractivity contribution is 5.46. The van der Waals surface area contributed by atoms with Crippen LogP contribution in [0.3, 0.4) is 0 Å². The van der Waals surface area contributed by atoms with Gasteiger partial charge in [0.25, 0.3) is 0 Å². The van der Waals surface area contributed by atoms with Crippen molar-refractivity contribution in [2.24, 2.45) is 5.92 Å². The SMILES string of the molecule is OCC1CCN(c2ccc(F)cc2)CC1. The number of halogens is 1. The fraction of sp³-hybridized carbons (Fsp3) is 0.500. The maximum Gasteiger partial charge on any atom is 0.123 e. The predicted octanol–water partition coefficient (Wildman–Crippen LogP) is 2.03. The second-order valence-corrected chi connectivity index (χ2v) is 4.09. The first-order valence-corrected chi connectivity index (χ1v) is 5.41. The molecule has 1 fully saturated rings. The van der Waals surface area contributed by atoms with Crippen molar-refractivity contribution in [1.82, 2.24) is 0 Å². The molecule has 0 spiro atoms. The van der Waals surface area contributed by atoms with Crippen molar-refractivity contribution in [2.75, 3.05) is 24.6 Å². The lowest BCUT2D eigenvalue weighted by Gasteiger charge is -2.32. The van der Waals surface area contributed by atoms with Crippen LogP contribution >= 0.6 is 0 Å². The molecule has 0 aromatic heterocycles. The molecule has 0 radical (unpaired) electrons. The van der Waals surface area contributed by atoms with Gasteiger partial charge in [0.1, 0.15) is 5.82 Å². The number of hydrogen-bond donors (Lipinski definition) is 1. The van der Waals surface area contributed by atoms with E-state index in [4.69, 9.17) is 5.11 Å². The molecule has 1 aliphatic rings. The minimum Gasteiger partial charge on any atom is -0.396 e. The number of piperidine rings is 1. The largest absolute Gasteiger partial charge is 0.396 e. The van der Waals surface area contributed by atoms with E-state index in [0.717, 1.165) is 31.6 Å². The van der Waals surface area contributed by atoms with Gasteiger partial charge in [-0.3, -0.25) is 0 Å². The van der Waals surface area contributed by atoms with E-state index in [2.05, 4.69) is 4.90 Å². The van der Waals surface area contributed by atoms with Gasteiger partial charge in [0.05, 0.1) is 0 Å². The monoisotopic (exact) mass is 209 g/mol. The van der Waals surface area contributed by atoms with E-state index >= 15 is 0 Å². The van der Waals surface area contributed by atoms with Crippen LogP contribution in [-0.4, -0.2) is 24.8 Å². The van der Waals surface area contributed by atoms with Crippen LogP contribution in [0.25, 0.3) is 0 Å².